The first-order valence-corrected chi connectivity index (χ1v) is 15.0. The van der Waals surface area contributed by atoms with Crippen LogP contribution in [0.25, 0.3) is 0 Å². The van der Waals surface area contributed by atoms with Gasteiger partial charge in [0.1, 0.15) is 11.5 Å². The van der Waals surface area contributed by atoms with Gasteiger partial charge in [-0.25, -0.2) is 0 Å². The molecule has 4 heteroatoms. The van der Waals surface area contributed by atoms with Gasteiger partial charge in [0.2, 0.25) is 0 Å². The Bertz CT molecular complexity index is 1100. The van der Waals surface area contributed by atoms with Crippen molar-refractivity contribution in [2.45, 2.75) is 136 Å². The molecule has 0 aromatic heterocycles. The number of aliphatic imine (C=N–C) groups is 2. The highest BCUT2D eigenvalue weighted by Crippen LogP contribution is 2.38. The van der Waals surface area contributed by atoms with Crippen molar-refractivity contribution in [3.05, 3.63) is 57.6 Å². The van der Waals surface area contributed by atoms with Gasteiger partial charge in [-0.3, -0.25) is 9.98 Å². The number of rotatable bonds is 8. The third kappa shape index (κ3) is 7.32. The molecule has 0 heterocycles. The number of phenolic OH excluding ortho intramolecular Hbond substituents is 2. The van der Waals surface area contributed by atoms with E-state index in [0.29, 0.717) is 23.3 Å². The molecule has 4 unspecified atom stereocenters. The van der Waals surface area contributed by atoms with Crippen LogP contribution >= 0.6 is 0 Å². The Morgan fingerprint density at radius 1 is 0.718 bits per heavy atom. The summed E-state index contributed by atoms with van der Waals surface area (Å²) < 4.78 is 0. The smallest absolute Gasteiger partial charge is 0.128 e. The lowest BCUT2D eigenvalue weighted by molar-refractivity contribution is 0.444. The lowest BCUT2D eigenvalue weighted by Crippen LogP contribution is -2.17. The number of hydrogen-bond donors (Lipinski definition) is 2. The van der Waals surface area contributed by atoms with Crippen LogP contribution in [0, 0.1) is 0 Å². The SMILES string of the molecule is CCC(C)c1cc(C=NC2CCCC2N=Cc2cc(C(C)CC)cc(C(C)(C)C)c2O)c(O)c(C(C)(C)C)c1. The van der Waals surface area contributed by atoms with Crippen LogP contribution in [-0.4, -0.2) is 34.7 Å². The van der Waals surface area contributed by atoms with Crippen molar-refractivity contribution in [3.63, 3.8) is 0 Å². The first-order valence-electron chi connectivity index (χ1n) is 15.0. The van der Waals surface area contributed by atoms with Gasteiger partial charge in [0.05, 0.1) is 12.1 Å². The summed E-state index contributed by atoms with van der Waals surface area (Å²) in [6.07, 6.45) is 8.85. The zero-order valence-electron chi connectivity index (χ0n) is 26.1. The molecule has 0 radical (unpaired) electrons. The molecule has 214 valence electrons. The monoisotopic (exact) mass is 532 g/mol. The zero-order valence-corrected chi connectivity index (χ0v) is 26.1. The van der Waals surface area contributed by atoms with Crippen molar-refractivity contribution >= 4 is 12.4 Å². The van der Waals surface area contributed by atoms with Crippen LogP contribution in [0.15, 0.2) is 34.3 Å². The van der Waals surface area contributed by atoms with Gasteiger partial charge >= 0.3 is 0 Å². The minimum absolute atomic E-state index is 0.0629. The number of hydrogen-bond acceptors (Lipinski definition) is 4. The van der Waals surface area contributed by atoms with Crippen LogP contribution in [0.2, 0.25) is 0 Å². The average Bonchev–Trinajstić information content (AvgIpc) is 3.32. The molecule has 0 saturated heterocycles. The molecule has 1 aliphatic rings. The number of aromatic hydroxyl groups is 2. The van der Waals surface area contributed by atoms with Crippen molar-refractivity contribution < 1.29 is 10.2 Å². The summed E-state index contributed by atoms with van der Waals surface area (Å²) in [5, 5.41) is 22.3. The van der Waals surface area contributed by atoms with Crippen LogP contribution in [0.1, 0.15) is 147 Å². The van der Waals surface area contributed by atoms with Crippen molar-refractivity contribution in [1.82, 2.24) is 0 Å². The van der Waals surface area contributed by atoms with E-state index in [1.165, 1.54) is 11.1 Å². The Balaban J connectivity index is 1.94. The van der Waals surface area contributed by atoms with Crippen LogP contribution in [0.5, 0.6) is 11.5 Å². The molecule has 2 aromatic carbocycles. The molecule has 1 saturated carbocycles. The zero-order chi connectivity index (χ0) is 29.1. The predicted octanol–water partition coefficient (Wildman–Crippen LogP) is 9.18. The fourth-order valence-electron chi connectivity index (χ4n) is 5.36. The minimum Gasteiger partial charge on any atom is -0.507 e. The summed E-state index contributed by atoms with van der Waals surface area (Å²) in [6, 6.07) is 8.65. The van der Waals surface area contributed by atoms with Crippen molar-refractivity contribution in [1.29, 1.82) is 0 Å². The maximum atomic E-state index is 11.2. The fraction of sp³-hybridized carbons (Fsp3) is 0.600. The summed E-state index contributed by atoms with van der Waals surface area (Å²) in [5.41, 5.74) is 5.69. The van der Waals surface area contributed by atoms with E-state index in [2.05, 4.69) is 93.5 Å². The normalized spacial score (nSPS) is 20.3. The largest absolute Gasteiger partial charge is 0.507 e. The maximum Gasteiger partial charge on any atom is 0.128 e. The van der Waals surface area contributed by atoms with E-state index in [4.69, 9.17) is 9.98 Å². The van der Waals surface area contributed by atoms with E-state index in [0.717, 1.165) is 54.4 Å². The Hall–Kier alpha value is -2.62. The van der Waals surface area contributed by atoms with E-state index >= 15 is 0 Å². The first-order chi connectivity index (χ1) is 18.2. The molecule has 0 amide bonds. The van der Waals surface area contributed by atoms with Crippen molar-refractivity contribution in [3.8, 4) is 11.5 Å². The minimum atomic E-state index is -0.159. The molecule has 2 N–H and O–H groups in total. The summed E-state index contributed by atoms with van der Waals surface area (Å²) in [4.78, 5) is 9.95. The predicted molar refractivity (Wildman–Crippen MR) is 168 cm³/mol. The second-order valence-electron chi connectivity index (χ2n) is 13.8. The molecular formula is C35H52N2O2. The van der Waals surface area contributed by atoms with Crippen LogP contribution in [0.3, 0.4) is 0 Å². The van der Waals surface area contributed by atoms with Crippen molar-refractivity contribution in [2.75, 3.05) is 0 Å². The van der Waals surface area contributed by atoms with Gasteiger partial charge in [-0.1, -0.05) is 81.4 Å². The van der Waals surface area contributed by atoms with Gasteiger partial charge in [0.25, 0.3) is 0 Å². The molecular weight excluding hydrogens is 480 g/mol. The molecule has 4 nitrogen and oxygen atoms in total. The Labute approximate surface area is 237 Å². The highest BCUT2D eigenvalue weighted by atomic mass is 16.3. The number of nitrogens with zero attached hydrogens (tertiary/aromatic N) is 2. The van der Waals surface area contributed by atoms with Crippen LogP contribution < -0.4 is 0 Å². The standard InChI is InChI=1S/C35H52N2O2/c1-11-22(3)24-16-26(32(38)28(18-24)34(5,6)7)20-36-30-14-13-15-31(30)37-21-27-17-25(23(4)12-2)19-29(33(27)39)35(8,9)10/h16-23,30-31,38-39H,11-15H2,1-10H3. The second-order valence-corrected chi connectivity index (χ2v) is 13.8. The van der Waals surface area contributed by atoms with Gasteiger partial charge in [0.15, 0.2) is 0 Å². The van der Waals surface area contributed by atoms with Crippen LogP contribution in [0.4, 0.5) is 0 Å². The third-order valence-electron chi connectivity index (χ3n) is 8.56. The molecule has 0 spiro atoms. The van der Waals surface area contributed by atoms with Gasteiger partial charge in [-0.2, -0.15) is 0 Å². The number of benzene rings is 2. The molecule has 1 aliphatic carbocycles. The quantitative estimate of drug-likeness (QED) is 0.333. The van der Waals surface area contributed by atoms with E-state index < -0.39 is 0 Å². The topological polar surface area (TPSA) is 65.2 Å². The Morgan fingerprint density at radius 2 is 1.08 bits per heavy atom. The highest BCUT2D eigenvalue weighted by molar-refractivity contribution is 5.86. The molecule has 0 bridgehead atoms. The lowest BCUT2D eigenvalue weighted by Gasteiger charge is -2.24. The summed E-state index contributed by atoms with van der Waals surface area (Å²) in [5.74, 6) is 1.50. The summed E-state index contributed by atoms with van der Waals surface area (Å²) >= 11 is 0. The summed E-state index contributed by atoms with van der Waals surface area (Å²) in [6.45, 7) is 21.7. The van der Waals surface area contributed by atoms with Gasteiger partial charge in [0, 0.05) is 34.7 Å². The van der Waals surface area contributed by atoms with Crippen molar-refractivity contribution in [2.24, 2.45) is 9.98 Å². The van der Waals surface area contributed by atoms with E-state index in [1.54, 1.807) is 0 Å². The van der Waals surface area contributed by atoms with Crippen LogP contribution in [-0.2, 0) is 10.8 Å². The third-order valence-corrected chi connectivity index (χ3v) is 8.56. The van der Waals surface area contributed by atoms with E-state index in [-0.39, 0.29) is 22.9 Å². The second kappa shape index (κ2) is 12.3. The van der Waals surface area contributed by atoms with Gasteiger partial charge in [-0.05, 0) is 78.0 Å². The van der Waals surface area contributed by atoms with Gasteiger partial charge in [-0.15, -0.1) is 0 Å². The highest BCUT2D eigenvalue weighted by Gasteiger charge is 2.27. The number of phenols is 2. The molecule has 2 aromatic rings. The molecule has 1 fully saturated rings. The Morgan fingerprint density at radius 3 is 1.38 bits per heavy atom. The maximum absolute atomic E-state index is 11.2. The van der Waals surface area contributed by atoms with Gasteiger partial charge < -0.3 is 10.2 Å². The Kier molecular flexibility index (Phi) is 9.73. The molecule has 4 atom stereocenters. The fourth-order valence-corrected chi connectivity index (χ4v) is 5.36. The van der Waals surface area contributed by atoms with E-state index in [9.17, 15) is 10.2 Å². The first kappa shape index (κ1) is 30.9. The molecule has 0 aliphatic heterocycles. The average molecular weight is 533 g/mol. The lowest BCUT2D eigenvalue weighted by atomic mass is 9.82. The molecule has 3 rings (SSSR count). The molecule has 39 heavy (non-hydrogen) atoms. The van der Waals surface area contributed by atoms with E-state index in [1.807, 2.05) is 12.4 Å². The summed E-state index contributed by atoms with van der Waals surface area (Å²) in [7, 11) is 0.